The fourth-order valence-corrected chi connectivity index (χ4v) is 8.47. The maximum absolute atomic E-state index is 6.06. The SMILES string of the molecule is C[C@H](C#C[Si](c1ccccc1)(c1ccccc1)C(C)(C)C)c1ccc(Cl)cc1. The number of hydrogen-bond acceptors (Lipinski definition) is 0. The summed E-state index contributed by atoms with van der Waals surface area (Å²) in [7, 11) is -2.34. The first kappa shape index (κ1) is 20.5. The molecular formula is C26H27ClSi. The summed E-state index contributed by atoms with van der Waals surface area (Å²) in [5.74, 6) is 3.78. The Hall–Kier alpha value is -2.27. The van der Waals surface area contributed by atoms with Crippen LogP contribution in [0.4, 0.5) is 0 Å². The molecule has 0 spiro atoms. The smallest absolute Gasteiger partial charge is 0.119 e. The third-order valence-corrected chi connectivity index (χ3v) is 10.8. The summed E-state index contributed by atoms with van der Waals surface area (Å²) in [5.41, 5.74) is 5.08. The largest absolute Gasteiger partial charge is 0.204 e. The van der Waals surface area contributed by atoms with Gasteiger partial charge < -0.3 is 0 Å². The molecule has 1 atom stereocenters. The minimum Gasteiger partial charge on any atom is -0.119 e. The summed E-state index contributed by atoms with van der Waals surface area (Å²) in [6.45, 7) is 9.18. The second-order valence-electron chi connectivity index (χ2n) is 8.27. The lowest BCUT2D eigenvalue weighted by molar-refractivity contribution is 0.740. The summed E-state index contributed by atoms with van der Waals surface area (Å²) in [5, 5.41) is 3.53. The van der Waals surface area contributed by atoms with Crippen molar-refractivity contribution in [1.82, 2.24) is 0 Å². The minimum atomic E-state index is -2.34. The molecule has 0 nitrogen and oxygen atoms in total. The minimum absolute atomic E-state index is 0.0441. The normalized spacial score (nSPS) is 12.8. The van der Waals surface area contributed by atoms with Crippen LogP contribution >= 0.6 is 11.6 Å². The van der Waals surface area contributed by atoms with Gasteiger partial charge in [-0.25, -0.2) is 0 Å². The Kier molecular flexibility index (Phi) is 6.13. The summed E-state index contributed by atoms with van der Waals surface area (Å²) in [4.78, 5) is 0. The zero-order valence-electron chi connectivity index (χ0n) is 17.0. The van der Waals surface area contributed by atoms with Crippen molar-refractivity contribution in [2.45, 2.75) is 38.7 Å². The van der Waals surface area contributed by atoms with Gasteiger partial charge in [-0.15, -0.1) is 11.5 Å². The molecule has 3 rings (SSSR count). The molecule has 0 unspecified atom stereocenters. The first-order valence-electron chi connectivity index (χ1n) is 9.74. The molecule has 0 aliphatic rings. The summed E-state index contributed by atoms with van der Waals surface area (Å²) < 4.78 is 0. The van der Waals surface area contributed by atoms with E-state index in [-0.39, 0.29) is 11.0 Å². The van der Waals surface area contributed by atoms with Gasteiger partial charge in [0, 0.05) is 10.9 Å². The van der Waals surface area contributed by atoms with Crippen molar-refractivity contribution in [2.75, 3.05) is 0 Å². The standard InChI is InChI=1S/C26H27ClSi/c1-21(22-15-17-23(27)18-16-22)19-20-28(26(2,3)4,24-11-7-5-8-12-24)25-13-9-6-10-14-25/h5-18,21H,1-4H3/t21-/m1/s1. The molecule has 0 aromatic heterocycles. The van der Waals surface area contributed by atoms with Crippen LogP contribution in [0.5, 0.6) is 0 Å². The Bertz CT molecular complexity index is 919. The van der Waals surface area contributed by atoms with Gasteiger partial charge in [0.05, 0.1) is 0 Å². The van der Waals surface area contributed by atoms with Crippen LogP contribution in [0.15, 0.2) is 84.9 Å². The maximum atomic E-state index is 6.06. The Labute approximate surface area is 175 Å². The molecule has 0 radical (unpaired) electrons. The summed E-state index contributed by atoms with van der Waals surface area (Å²) in [6.07, 6.45) is 0. The second kappa shape index (κ2) is 8.39. The molecule has 0 aliphatic carbocycles. The van der Waals surface area contributed by atoms with Crippen LogP contribution < -0.4 is 10.4 Å². The van der Waals surface area contributed by atoms with Crippen molar-refractivity contribution in [3.63, 3.8) is 0 Å². The highest BCUT2D eigenvalue weighted by Gasteiger charge is 2.47. The number of rotatable bonds is 3. The summed E-state index contributed by atoms with van der Waals surface area (Å²) >= 11 is 6.06. The quantitative estimate of drug-likeness (QED) is 0.369. The summed E-state index contributed by atoms with van der Waals surface area (Å²) in [6, 6.07) is 29.8. The molecule has 0 N–H and O–H groups in total. The molecule has 0 saturated heterocycles. The molecule has 3 aromatic rings. The van der Waals surface area contributed by atoms with Crippen LogP contribution in [0.3, 0.4) is 0 Å². The highest BCUT2D eigenvalue weighted by molar-refractivity contribution is 7.10. The van der Waals surface area contributed by atoms with Crippen LogP contribution in [0.25, 0.3) is 0 Å². The second-order valence-corrected chi connectivity index (χ2v) is 13.1. The predicted octanol–water partition coefficient (Wildman–Crippen LogP) is 6.05. The number of halogens is 1. The third-order valence-electron chi connectivity index (χ3n) is 5.38. The lowest BCUT2D eigenvalue weighted by atomic mass is 10.0. The fourth-order valence-electron chi connectivity index (χ4n) is 3.79. The number of hydrogen-bond donors (Lipinski definition) is 0. The average molecular weight is 403 g/mol. The monoisotopic (exact) mass is 402 g/mol. The Balaban J connectivity index is 2.19. The Morgan fingerprint density at radius 2 is 1.21 bits per heavy atom. The van der Waals surface area contributed by atoms with Crippen molar-refractivity contribution < 1.29 is 0 Å². The molecule has 0 amide bonds. The first-order chi connectivity index (χ1) is 13.3. The van der Waals surface area contributed by atoms with Crippen LogP contribution in [0.2, 0.25) is 10.1 Å². The lowest BCUT2D eigenvalue weighted by Gasteiger charge is -2.39. The van der Waals surface area contributed by atoms with E-state index in [4.69, 9.17) is 11.6 Å². The molecule has 3 aromatic carbocycles. The van der Waals surface area contributed by atoms with Crippen molar-refractivity contribution in [3.05, 3.63) is 95.5 Å². The van der Waals surface area contributed by atoms with E-state index in [0.717, 1.165) is 5.02 Å². The first-order valence-corrected chi connectivity index (χ1v) is 12.1. The van der Waals surface area contributed by atoms with Crippen LogP contribution in [0.1, 0.15) is 39.2 Å². The van der Waals surface area contributed by atoms with Gasteiger partial charge in [0.2, 0.25) is 8.07 Å². The van der Waals surface area contributed by atoms with Crippen LogP contribution in [-0.4, -0.2) is 8.07 Å². The van der Waals surface area contributed by atoms with Gasteiger partial charge in [-0.2, -0.15) is 0 Å². The molecular weight excluding hydrogens is 376 g/mol. The molecule has 0 aliphatic heterocycles. The fraction of sp³-hybridized carbons (Fsp3) is 0.231. The van der Waals surface area contributed by atoms with E-state index in [9.17, 15) is 0 Å². The lowest BCUT2D eigenvalue weighted by Crippen LogP contribution is -2.63. The molecule has 28 heavy (non-hydrogen) atoms. The van der Waals surface area contributed by atoms with E-state index in [2.05, 4.69) is 112 Å². The molecule has 2 heteroatoms. The van der Waals surface area contributed by atoms with E-state index in [0.29, 0.717) is 0 Å². The molecule has 0 heterocycles. The molecule has 0 saturated carbocycles. The van der Waals surface area contributed by atoms with E-state index >= 15 is 0 Å². The Morgan fingerprint density at radius 1 is 0.750 bits per heavy atom. The van der Waals surface area contributed by atoms with Gasteiger partial charge in [-0.1, -0.05) is 105 Å². The van der Waals surface area contributed by atoms with Gasteiger partial charge >= 0.3 is 0 Å². The zero-order chi connectivity index (χ0) is 20.2. The van der Waals surface area contributed by atoms with E-state index in [1.807, 2.05) is 12.1 Å². The highest BCUT2D eigenvalue weighted by Crippen LogP contribution is 2.35. The van der Waals surface area contributed by atoms with Gasteiger partial charge in [-0.3, -0.25) is 0 Å². The molecule has 0 bridgehead atoms. The van der Waals surface area contributed by atoms with Crippen molar-refractivity contribution in [2.24, 2.45) is 0 Å². The Morgan fingerprint density at radius 3 is 1.64 bits per heavy atom. The zero-order valence-corrected chi connectivity index (χ0v) is 18.8. The topological polar surface area (TPSA) is 0 Å². The van der Waals surface area contributed by atoms with Crippen LogP contribution in [-0.2, 0) is 0 Å². The van der Waals surface area contributed by atoms with Crippen molar-refractivity contribution >= 4 is 30.0 Å². The predicted molar refractivity (Wildman–Crippen MR) is 125 cm³/mol. The highest BCUT2D eigenvalue weighted by atomic mass is 35.5. The average Bonchev–Trinajstić information content (AvgIpc) is 2.69. The van der Waals surface area contributed by atoms with Gasteiger partial charge in [0.15, 0.2) is 0 Å². The van der Waals surface area contributed by atoms with E-state index < -0.39 is 8.07 Å². The number of benzene rings is 3. The van der Waals surface area contributed by atoms with Crippen molar-refractivity contribution in [3.8, 4) is 11.5 Å². The molecule has 0 fully saturated rings. The van der Waals surface area contributed by atoms with Crippen molar-refractivity contribution in [1.29, 1.82) is 0 Å². The maximum Gasteiger partial charge on any atom is 0.204 e. The third kappa shape index (κ3) is 4.09. The van der Waals surface area contributed by atoms with Crippen LogP contribution in [0, 0.1) is 11.5 Å². The van der Waals surface area contributed by atoms with E-state index in [1.54, 1.807) is 0 Å². The van der Waals surface area contributed by atoms with Gasteiger partial charge in [0.25, 0.3) is 0 Å². The molecule has 142 valence electrons. The van der Waals surface area contributed by atoms with Gasteiger partial charge in [-0.05, 0) is 40.0 Å². The van der Waals surface area contributed by atoms with Gasteiger partial charge in [0.1, 0.15) is 0 Å². The van der Waals surface area contributed by atoms with E-state index in [1.165, 1.54) is 15.9 Å².